The van der Waals surface area contributed by atoms with E-state index in [2.05, 4.69) is 26.0 Å². The minimum Gasteiger partial charge on any atom is -0.388 e. The lowest BCUT2D eigenvalue weighted by Gasteiger charge is -2.36. The Morgan fingerprint density at radius 3 is 2.64 bits per heavy atom. The normalized spacial score (nSPS) is 32.3. The molecule has 138 valence electrons. The molecule has 1 fully saturated rings. The summed E-state index contributed by atoms with van der Waals surface area (Å²) in [5, 5.41) is 10.9. The van der Waals surface area contributed by atoms with Crippen LogP contribution in [0, 0.1) is 22.6 Å². The highest BCUT2D eigenvalue weighted by atomic mass is 19.1. The molecule has 2 aliphatic rings. The van der Waals surface area contributed by atoms with E-state index in [4.69, 9.17) is 0 Å². The first kappa shape index (κ1) is 18.6. The third-order valence-electron chi connectivity index (χ3n) is 6.68. The second-order valence-electron chi connectivity index (χ2n) is 9.08. The molecule has 0 radical (unpaired) electrons. The quantitative estimate of drug-likeness (QED) is 0.611. The van der Waals surface area contributed by atoms with Gasteiger partial charge >= 0.3 is 0 Å². The zero-order valence-electron chi connectivity index (χ0n) is 15.8. The molecule has 2 aliphatic carbocycles. The molecule has 1 nitrogen and oxygen atoms in total. The summed E-state index contributed by atoms with van der Waals surface area (Å²) in [6.45, 7) is 4.54. The first-order chi connectivity index (χ1) is 11.9. The van der Waals surface area contributed by atoms with E-state index in [0.717, 1.165) is 25.2 Å². The van der Waals surface area contributed by atoms with Gasteiger partial charge in [0.1, 0.15) is 5.82 Å². The molecule has 1 saturated carbocycles. The largest absolute Gasteiger partial charge is 0.388 e. The fraction of sp³-hybridized carbons (Fsp3) is 0.652. The monoisotopic (exact) mass is 344 g/mol. The number of allylic oxidation sites excluding steroid dienone is 2. The molecule has 2 heteroatoms. The summed E-state index contributed by atoms with van der Waals surface area (Å²) >= 11 is 0. The van der Waals surface area contributed by atoms with Crippen molar-refractivity contribution >= 4 is 0 Å². The first-order valence-electron chi connectivity index (χ1n) is 10.0. The van der Waals surface area contributed by atoms with Gasteiger partial charge in [0.05, 0.1) is 6.10 Å². The molecule has 0 heterocycles. The Kier molecular flexibility index (Phi) is 5.68. The van der Waals surface area contributed by atoms with E-state index in [1.807, 2.05) is 6.07 Å². The van der Waals surface area contributed by atoms with E-state index in [1.165, 1.54) is 50.7 Å². The Hall–Kier alpha value is -1.15. The molecule has 0 bridgehead atoms. The molecule has 0 aliphatic heterocycles. The van der Waals surface area contributed by atoms with E-state index in [1.54, 1.807) is 6.07 Å². The minimum atomic E-state index is -0.620. The molecule has 3 atom stereocenters. The van der Waals surface area contributed by atoms with Gasteiger partial charge in [-0.2, -0.15) is 0 Å². The lowest BCUT2D eigenvalue weighted by atomic mass is 9.70. The highest BCUT2D eigenvalue weighted by molar-refractivity contribution is 5.22. The van der Waals surface area contributed by atoms with E-state index in [9.17, 15) is 9.50 Å². The predicted molar refractivity (Wildman–Crippen MR) is 102 cm³/mol. The van der Waals surface area contributed by atoms with E-state index >= 15 is 0 Å². The van der Waals surface area contributed by atoms with Gasteiger partial charge in [0.15, 0.2) is 0 Å². The molecule has 3 rings (SSSR count). The van der Waals surface area contributed by atoms with Gasteiger partial charge in [-0.25, -0.2) is 4.39 Å². The Balaban J connectivity index is 1.69. The number of halogens is 1. The maximum atomic E-state index is 13.6. The number of benzene rings is 1. The Morgan fingerprint density at radius 1 is 1.16 bits per heavy atom. The molecule has 0 aromatic heterocycles. The van der Waals surface area contributed by atoms with Gasteiger partial charge in [-0.05, 0) is 54.7 Å². The van der Waals surface area contributed by atoms with Crippen molar-refractivity contribution < 1.29 is 9.50 Å². The first-order valence-corrected chi connectivity index (χ1v) is 10.0. The van der Waals surface area contributed by atoms with Crippen molar-refractivity contribution in [3.8, 4) is 0 Å². The number of aliphatic hydroxyl groups excluding tert-OH is 1. The fourth-order valence-electron chi connectivity index (χ4n) is 4.92. The van der Waals surface area contributed by atoms with E-state index in [0.29, 0.717) is 5.56 Å². The number of aliphatic hydroxyl groups is 1. The molecule has 25 heavy (non-hydrogen) atoms. The zero-order chi connectivity index (χ0) is 17.9. The minimum absolute atomic E-state index is 0.228. The highest BCUT2D eigenvalue weighted by Gasteiger charge is 2.38. The van der Waals surface area contributed by atoms with Gasteiger partial charge in [-0.15, -0.1) is 0 Å². The standard InChI is InChI=1S/C23H33FO/c1-22(17-18-8-4-3-5-9-18)12-7-13-23(2,15-14-22)21(25)19-10-6-11-20(24)16-19/h6-7,10-12,16,18,21,25H,3-5,8-9,13-15,17H2,1-2H3/t21-,22+,23+/m0/s1. The van der Waals surface area contributed by atoms with Crippen LogP contribution in [0.4, 0.5) is 4.39 Å². The SMILES string of the molecule is C[C@@]1(CC2CCCCC2)C=CC[C@@](C)([C@@H](O)c2cccc(F)c2)CC1. The van der Waals surface area contributed by atoms with Gasteiger partial charge in [-0.1, -0.05) is 70.2 Å². The number of rotatable bonds is 4. The lowest BCUT2D eigenvalue weighted by Crippen LogP contribution is -2.27. The van der Waals surface area contributed by atoms with Crippen LogP contribution in [0.15, 0.2) is 36.4 Å². The third kappa shape index (κ3) is 4.53. The van der Waals surface area contributed by atoms with Crippen LogP contribution in [0.25, 0.3) is 0 Å². The van der Waals surface area contributed by atoms with Gasteiger partial charge < -0.3 is 5.11 Å². The van der Waals surface area contributed by atoms with Crippen LogP contribution in [0.3, 0.4) is 0 Å². The smallest absolute Gasteiger partial charge is 0.123 e. The molecule has 0 unspecified atom stereocenters. The van der Waals surface area contributed by atoms with Crippen molar-refractivity contribution in [2.24, 2.45) is 16.7 Å². The molecule has 0 spiro atoms. The molecular formula is C23H33FO. The third-order valence-corrected chi connectivity index (χ3v) is 6.68. The summed E-state index contributed by atoms with van der Waals surface area (Å²) in [5.41, 5.74) is 0.711. The topological polar surface area (TPSA) is 20.2 Å². The van der Waals surface area contributed by atoms with Crippen molar-refractivity contribution in [2.75, 3.05) is 0 Å². The zero-order valence-corrected chi connectivity index (χ0v) is 15.8. The van der Waals surface area contributed by atoms with Crippen LogP contribution in [-0.4, -0.2) is 5.11 Å². The van der Waals surface area contributed by atoms with Crippen LogP contribution in [0.2, 0.25) is 0 Å². The maximum absolute atomic E-state index is 13.6. The van der Waals surface area contributed by atoms with Crippen molar-refractivity contribution in [2.45, 2.75) is 77.7 Å². The second kappa shape index (κ2) is 7.61. The summed E-state index contributed by atoms with van der Waals surface area (Å²) in [5.74, 6) is 0.590. The maximum Gasteiger partial charge on any atom is 0.123 e. The van der Waals surface area contributed by atoms with Gasteiger partial charge in [-0.3, -0.25) is 0 Å². The average molecular weight is 345 g/mol. The lowest BCUT2D eigenvalue weighted by molar-refractivity contribution is 0.0252. The van der Waals surface area contributed by atoms with Crippen LogP contribution < -0.4 is 0 Å². The van der Waals surface area contributed by atoms with Crippen molar-refractivity contribution in [1.29, 1.82) is 0 Å². The summed E-state index contributed by atoms with van der Waals surface area (Å²) in [4.78, 5) is 0. The molecular weight excluding hydrogens is 311 g/mol. The fourth-order valence-corrected chi connectivity index (χ4v) is 4.92. The van der Waals surface area contributed by atoms with Crippen molar-refractivity contribution in [1.82, 2.24) is 0 Å². The summed E-state index contributed by atoms with van der Waals surface area (Å²) in [6, 6.07) is 6.45. The van der Waals surface area contributed by atoms with Crippen molar-refractivity contribution in [3.63, 3.8) is 0 Å². The summed E-state index contributed by atoms with van der Waals surface area (Å²) in [6.07, 6.45) is 15.2. The van der Waals surface area contributed by atoms with E-state index < -0.39 is 6.10 Å². The molecule has 1 aromatic rings. The average Bonchev–Trinajstić information content (AvgIpc) is 2.75. The number of hydrogen-bond acceptors (Lipinski definition) is 1. The highest BCUT2D eigenvalue weighted by Crippen LogP contribution is 2.49. The predicted octanol–water partition coefficient (Wildman–Crippen LogP) is 6.58. The molecule has 1 N–H and O–H groups in total. The van der Waals surface area contributed by atoms with Crippen LogP contribution in [-0.2, 0) is 0 Å². The van der Waals surface area contributed by atoms with Crippen LogP contribution in [0.1, 0.15) is 83.3 Å². The molecule has 0 saturated heterocycles. The van der Waals surface area contributed by atoms with Gasteiger partial charge in [0, 0.05) is 5.41 Å². The van der Waals surface area contributed by atoms with Crippen LogP contribution >= 0.6 is 0 Å². The Bertz CT molecular complexity index is 604. The van der Waals surface area contributed by atoms with Gasteiger partial charge in [0.2, 0.25) is 0 Å². The molecule has 1 aromatic carbocycles. The van der Waals surface area contributed by atoms with Crippen LogP contribution in [0.5, 0.6) is 0 Å². The summed E-state index contributed by atoms with van der Waals surface area (Å²) < 4.78 is 13.6. The Labute approximate surface area is 152 Å². The van der Waals surface area contributed by atoms with Crippen molar-refractivity contribution in [3.05, 3.63) is 47.8 Å². The Morgan fingerprint density at radius 2 is 1.92 bits per heavy atom. The number of hydrogen-bond donors (Lipinski definition) is 1. The second-order valence-corrected chi connectivity index (χ2v) is 9.08. The van der Waals surface area contributed by atoms with E-state index in [-0.39, 0.29) is 16.6 Å². The van der Waals surface area contributed by atoms with Gasteiger partial charge in [0.25, 0.3) is 0 Å². The molecule has 0 amide bonds. The summed E-state index contributed by atoms with van der Waals surface area (Å²) in [7, 11) is 0.